The molecule has 174 valence electrons. The number of sulfonamides is 1. The first-order valence-electron chi connectivity index (χ1n) is 10.7. The van der Waals surface area contributed by atoms with Crippen LogP contribution in [-0.2, 0) is 23.5 Å². The van der Waals surface area contributed by atoms with E-state index in [0.29, 0.717) is 45.7 Å². The summed E-state index contributed by atoms with van der Waals surface area (Å²) < 4.78 is 40.7. The molecule has 1 aromatic heterocycles. The third kappa shape index (κ3) is 5.34. The monoisotopic (exact) mass is 488 g/mol. The van der Waals surface area contributed by atoms with Crippen molar-refractivity contribution in [1.82, 2.24) is 4.57 Å². The van der Waals surface area contributed by atoms with Crippen molar-refractivity contribution < 1.29 is 17.9 Å². The lowest BCUT2D eigenvalue weighted by atomic mass is 10.0. The topological polar surface area (TPSA) is 86.6 Å². The molecule has 2 heterocycles. The first kappa shape index (κ1) is 23.2. The van der Waals surface area contributed by atoms with Crippen LogP contribution in [0.15, 0.2) is 53.5 Å². The van der Waals surface area contributed by atoms with Gasteiger partial charge < -0.3 is 14.0 Å². The molecule has 0 saturated heterocycles. The van der Waals surface area contributed by atoms with Crippen LogP contribution in [0.4, 0.5) is 5.69 Å². The molecule has 0 unspecified atom stereocenters. The zero-order valence-electron chi connectivity index (χ0n) is 18.4. The van der Waals surface area contributed by atoms with E-state index in [1.165, 1.54) is 10.6 Å². The second-order valence-corrected chi connectivity index (χ2v) is 10.3. The van der Waals surface area contributed by atoms with Crippen LogP contribution >= 0.6 is 11.6 Å². The zero-order chi connectivity index (χ0) is 23.6. The summed E-state index contributed by atoms with van der Waals surface area (Å²) in [6.07, 6.45) is 4.12. The number of aryl methyl sites for hydroxylation is 2. The second-order valence-electron chi connectivity index (χ2n) is 7.88. The molecule has 0 spiro atoms. The minimum atomic E-state index is -3.48. The van der Waals surface area contributed by atoms with Gasteiger partial charge in [-0.05, 0) is 62.1 Å². The van der Waals surface area contributed by atoms with Crippen molar-refractivity contribution in [2.24, 2.45) is 7.05 Å². The van der Waals surface area contributed by atoms with E-state index in [2.05, 4.69) is 4.72 Å². The van der Waals surface area contributed by atoms with Gasteiger partial charge in [0.2, 0.25) is 10.0 Å². The van der Waals surface area contributed by atoms with E-state index < -0.39 is 10.0 Å². The number of hydrogen-bond donors (Lipinski definition) is 1. The molecule has 0 saturated carbocycles. The van der Waals surface area contributed by atoms with Gasteiger partial charge >= 0.3 is 0 Å². The highest BCUT2D eigenvalue weighted by Gasteiger charge is 2.19. The highest BCUT2D eigenvalue weighted by molar-refractivity contribution is 7.92. The average molecular weight is 489 g/mol. The second kappa shape index (κ2) is 9.49. The van der Waals surface area contributed by atoms with Crippen molar-refractivity contribution in [3.05, 3.63) is 69.6 Å². The number of rotatable bonds is 3. The van der Waals surface area contributed by atoms with Crippen molar-refractivity contribution >= 4 is 27.3 Å². The van der Waals surface area contributed by atoms with Crippen LogP contribution in [0.3, 0.4) is 0 Å². The van der Waals surface area contributed by atoms with Gasteiger partial charge in [0.25, 0.3) is 5.56 Å². The van der Waals surface area contributed by atoms with Crippen LogP contribution in [0.2, 0.25) is 5.02 Å². The van der Waals surface area contributed by atoms with E-state index in [0.717, 1.165) is 24.8 Å². The number of fused-ring (bicyclic) bond motifs is 4. The summed E-state index contributed by atoms with van der Waals surface area (Å²) in [5, 5.41) is 0.556. The van der Waals surface area contributed by atoms with Crippen LogP contribution in [0.1, 0.15) is 25.3 Å². The molecule has 0 radical (unpaired) electrons. The van der Waals surface area contributed by atoms with E-state index in [1.54, 1.807) is 44.4 Å². The van der Waals surface area contributed by atoms with E-state index in [-0.39, 0.29) is 11.3 Å². The number of pyridine rings is 1. The van der Waals surface area contributed by atoms with Crippen LogP contribution < -0.4 is 19.8 Å². The van der Waals surface area contributed by atoms with Crippen molar-refractivity contribution in [3.8, 4) is 28.4 Å². The van der Waals surface area contributed by atoms with Gasteiger partial charge in [0, 0.05) is 41.1 Å². The lowest BCUT2D eigenvalue weighted by Gasteiger charge is -2.20. The number of aromatic nitrogens is 1. The molecule has 9 heteroatoms. The Balaban J connectivity index is 1.93. The van der Waals surface area contributed by atoms with Gasteiger partial charge in [-0.2, -0.15) is 0 Å². The Labute approximate surface area is 198 Å². The van der Waals surface area contributed by atoms with Gasteiger partial charge in [-0.1, -0.05) is 17.7 Å². The highest BCUT2D eigenvalue weighted by atomic mass is 35.5. The smallest absolute Gasteiger partial charge is 0.254 e. The minimum absolute atomic E-state index is 0.0549. The third-order valence-corrected chi connectivity index (χ3v) is 7.00. The summed E-state index contributed by atoms with van der Waals surface area (Å²) in [5.41, 5.74) is 2.40. The van der Waals surface area contributed by atoms with E-state index >= 15 is 0 Å². The number of ether oxygens (including phenoxy) is 2. The molecule has 0 aliphatic carbocycles. The molecule has 3 aromatic rings. The van der Waals surface area contributed by atoms with Gasteiger partial charge in [0.1, 0.15) is 17.2 Å². The Kier molecular flexibility index (Phi) is 6.67. The quantitative estimate of drug-likeness (QED) is 0.562. The number of benzene rings is 2. The standard InChI is InChI=1S/C24H25ClN2O5S/c1-3-33(29,30)26-18-9-10-21-19(13-18)20-15-27(2)24(28)14-23(20)31-11-5-4-6-16-7-8-17(25)12-22(16)32-21/h7-10,12-15,26H,3-6,11H2,1-2H3. The predicted molar refractivity (Wildman–Crippen MR) is 130 cm³/mol. The fourth-order valence-corrected chi connectivity index (χ4v) is 4.42. The van der Waals surface area contributed by atoms with Crippen LogP contribution in [0.25, 0.3) is 11.1 Å². The lowest BCUT2D eigenvalue weighted by Crippen LogP contribution is -2.17. The van der Waals surface area contributed by atoms with Gasteiger partial charge in [-0.3, -0.25) is 9.52 Å². The molecule has 33 heavy (non-hydrogen) atoms. The molecule has 0 amide bonds. The van der Waals surface area contributed by atoms with Crippen molar-refractivity contribution in [1.29, 1.82) is 0 Å². The Morgan fingerprint density at radius 3 is 2.64 bits per heavy atom. The number of hydrogen-bond acceptors (Lipinski definition) is 5. The maximum atomic E-state index is 12.3. The van der Waals surface area contributed by atoms with Gasteiger partial charge in [-0.25, -0.2) is 8.42 Å². The number of nitrogens with zero attached hydrogens (tertiary/aromatic N) is 1. The molecule has 1 N–H and O–H groups in total. The van der Waals surface area contributed by atoms with Crippen molar-refractivity contribution in [3.63, 3.8) is 0 Å². The third-order valence-electron chi connectivity index (χ3n) is 5.46. The van der Waals surface area contributed by atoms with Crippen LogP contribution in [0.5, 0.6) is 17.2 Å². The number of nitrogens with one attached hydrogen (secondary N) is 1. The Bertz CT molecular complexity index is 1350. The fourth-order valence-electron chi connectivity index (χ4n) is 3.63. The Morgan fingerprint density at radius 1 is 1.03 bits per heavy atom. The SMILES string of the molecule is CCS(=O)(=O)Nc1ccc2c(c1)-c1cn(C)c(=O)cc1OCCCCc1ccc(Cl)cc1O2. The van der Waals surface area contributed by atoms with Gasteiger partial charge in [0.15, 0.2) is 0 Å². The minimum Gasteiger partial charge on any atom is -0.493 e. The zero-order valence-corrected chi connectivity index (χ0v) is 20.0. The van der Waals surface area contributed by atoms with E-state index in [9.17, 15) is 13.2 Å². The maximum Gasteiger partial charge on any atom is 0.254 e. The molecular weight excluding hydrogens is 464 g/mol. The fraction of sp³-hybridized carbons (Fsp3) is 0.292. The highest BCUT2D eigenvalue weighted by Crippen LogP contribution is 2.41. The molecule has 0 fully saturated rings. The molecule has 2 aromatic carbocycles. The van der Waals surface area contributed by atoms with Crippen molar-refractivity contribution in [2.75, 3.05) is 17.1 Å². The van der Waals surface area contributed by atoms with Crippen molar-refractivity contribution in [2.45, 2.75) is 26.2 Å². The van der Waals surface area contributed by atoms with Crippen LogP contribution in [-0.4, -0.2) is 25.3 Å². The number of anilines is 1. The summed E-state index contributed by atoms with van der Waals surface area (Å²) in [6.45, 7) is 2.01. The molecular formula is C24H25ClN2O5S. The first-order chi connectivity index (χ1) is 15.8. The molecule has 0 bridgehead atoms. The first-order valence-corrected chi connectivity index (χ1v) is 12.7. The van der Waals surface area contributed by atoms with E-state index in [1.807, 2.05) is 12.1 Å². The summed E-state index contributed by atoms with van der Waals surface area (Å²) in [6, 6.07) is 12.0. The molecule has 1 aliphatic rings. The maximum absolute atomic E-state index is 12.3. The van der Waals surface area contributed by atoms with Crippen LogP contribution in [0, 0.1) is 0 Å². The molecule has 0 atom stereocenters. The predicted octanol–water partition coefficient (Wildman–Crippen LogP) is 4.97. The summed E-state index contributed by atoms with van der Waals surface area (Å²) >= 11 is 6.25. The summed E-state index contributed by atoms with van der Waals surface area (Å²) in [7, 11) is -1.83. The van der Waals surface area contributed by atoms with Gasteiger partial charge in [-0.15, -0.1) is 0 Å². The Hall–Kier alpha value is -2.97. The average Bonchev–Trinajstić information content (AvgIpc) is 2.77. The summed E-state index contributed by atoms with van der Waals surface area (Å²) in [4.78, 5) is 12.3. The normalized spacial score (nSPS) is 13.8. The molecule has 7 nitrogen and oxygen atoms in total. The lowest BCUT2D eigenvalue weighted by molar-refractivity contribution is 0.306. The largest absolute Gasteiger partial charge is 0.493 e. The molecule has 4 rings (SSSR count). The Morgan fingerprint density at radius 2 is 1.85 bits per heavy atom. The van der Waals surface area contributed by atoms with E-state index in [4.69, 9.17) is 21.1 Å². The number of halogens is 1. The molecule has 1 aliphatic heterocycles. The summed E-state index contributed by atoms with van der Waals surface area (Å²) in [5.74, 6) is 1.49. The van der Waals surface area contributed by atoms with Gasteiger partial charge in [0.05, 0.1) is 12.4 Å².